The Balaban J connectivity index is 1.18. The van der Waals surface area contributed by atoms with Crippen LogP contribution >= 0.6 is 11.3 Å². The van der Waals surface area contributed by atoms with Gasteiger partial charge in [0.2, 0.25) is 17.7 Å². The standard InChI is InChI=1S/C38H54N6O6S/c1-25-37-38(49)43-17-12-27(20-36(48)44-15-5-7-31(44)24-50-2)30(23-43)19-34(47)39-13-9-28-21-42(22-29-6-3-4-8-32(29)45)16-11-26(28)18-33(46)40-14-10-35(41-25)51-37/h3-4,6,8,26-28,30-31,45H,5,7,9-24H2,1-2H3,(H,39,47)(H,40,46)/t26-,27-,28-,30-,31+/m0/s1. The van der Waals surface area contributed by atoms with Gasteiger partial charge in [-0.2, -0.15) is 0 Å². The summed E-state index contributed by atoms with van der Waals surface area (Å²) in [7, 11) is 1.67. The van der Waals surface area contributed by atoms with Crippen LogP contribution in [0.25, 0.3) is 0 Å². The molecule has 1 aromatic heterocycles. The number of para-hydroxylation sites is 1. The molecule has 6 rings (SSSR count). The van der Waals surface area contributed by atoms with Crippen molar-refractivity contribution in [1.29, 1.82) is 0 Å². The molecule has 51 heavy (non-hydrogen) atoms. The van der Waals surface area contributed by atoms with Gasteiger partial charge in [0.1, 0.15) is 10.6 Å². The largest absolute Gasteiger partial charge is 0.508 e. The fraction of sp³-hybridized carbons (Fsp3) is 0.658. The zero-order valence-electron chi connectivity index (χ0n) is 30.1. The number of benzene rings is 1. The first-order valence-corrected chi connectivity index (χ1v) is 19.6. The zero-order chi connectivity index (χ0) is 35.9. The van der Waals surface area contributed by atoms with Crippen LogP contribution in [0, 0.1) is 30.6 Å². The van der Waals surface area contributed by atoms with Gasteiger partial charge < -0.3 is 30.3 Å². The van der Waals surface area contributed by atoms with E-state index in [1.54, 1.807) is 13.2 Å². The lowest BCUT2D eigenvalue weighted by Crippen LogP contribution is -2.47. The van der Waals surface area contributed by atoms with Crippen LogP contribution in [0.1, 0.15) is 77.3 Å². The number of aryl methyl sites for hydroxylation is 1. The maximum atomic E-state index is 13.9. The normalized spacial score (nSPS) is 27.2. The number of piperidine rings is 2. The number of hydrogen-bond donors (Lipinski definition) is 3. The molecule has 3 saturated heterocycles. The van der Waals surface area contributed by atoms with Crippen LogP contribution in [0.4, 0.5) is 0 Å². The van der Waals surface area contributed by atoms with Crippen molar-refractivity contribution in [3.63, 3.8) is 0 Å². The minimum absolute atomic E-state index is 0.00801. The van der Waals surface area contributed by atoms with Gasteiger partial charge in [-0.3, -0.25) is 24.1 Å². The van der Waals surface area contributed by atoms with Crippen molar-refractivity contribution >= 4 is 35.0 Å². The van der Waals surface area contributed by atoms with Crippen LogP contribution in [-0.4, -0.2) is 114 Å². The smallest absolute Gasteiger partial charge is 0.265 e. The number of nitrogens with one attached hydrogen (secondary N) is 2. The number of likely N-dealkylation sites (tertiary alicyclic amines) is 2. The summed E-state index contributed by atoms with van der Waals surface area (Å²) in [5, 5.41) is 17.5. The number of aromatic hydroxyl groups is 1. The minimum Gasteiger partial charge on any atom is -0.508 e. The first kappa shape index (κ1) is 37.2. The second-order valence-corrected chi connectivity index (χ2v) is 16.0. The maximum absolute atomic E-state index is 13.9. The number of phenolic OH excluding ortho intramolecular Hbond substituents is 1. The predicted molar refractivity (Wildman–Crippen MR) is 194 cm³/mol. The Labute approximate surface area is 305 Å². The van der Waals surface area contributed by atoms with Gasteiger partial charge in [0.15, 0.2) is 0 Å². The molecule has 3 N–H and O–H groups in total. The lowest BCUT2D eigenvalue weighted by molar-refractivity contribution is -0.135. The molecular formula is C38H54N6O6S. The molecule has 0 aliphatic carbocycles. The molecule has 0 radical (unpaired) electrons. The van der Waals surface area contributed by atoms with Gasteiger partial charge in [-0.15, -0.1) is 11.3 Å². The molecule has 1 aromatic carbocycles. The maximum Gasteiger partial charge on any atom is 0.265 e. The van der Waals surface area contributed by atoms with Gasteiger partial charge in [0, 0.05) is 84.2 Å². The fourth-order valence-corrected chi connectivity index (χ4v) is 9.68. The highest BCUT2D eigenvalue weighted by Crippen LogP contribution is 2.34. The molecule has 4 aliphatic heterocycles. The Hall–Kier alpha value is -3.55. The number of carbonyl (C=O) groups excluding carboxylic acids is 4. The number of ether oxygens (including phenoxy) is 1. The van der Waals surface area contributed by atoms with Crippen molar-refractivity contribution < 1.29 is 29.0 Å². The number of methoxy groups -OCH3 is 1. The third kappa shape index (κ3) is 9.47. The topological polar surface area (TPSA) is 144 Å². The van der Waals surface area contributed by atoms with E-state index in [9.17, 15) is 24.3 Å². The van der Waals surface area contributed by atoms with Crippen molar-refractivity contribution in [2.75, 3.05) is 59.5 Å². The second-order valence-electron chi connectivity index (χ2n) is 14.9. The summed E-state index contributed by atoms with van der Waals surface area (Å²) in [6.45, 7) is 7.22. The average molecular weight is 723 g/mol. The highest BCUT2D eigenvalue weighted by molar-refractivity contribution is 7.13. The molecule has 3 fully saturated rings. The summed E-state index contributed by atoms with van der Waals surface area (Å²) in [6, 6.07) is 7.50. The van der Waals surface area contributed by atoms with E-state index < -0.39 is 0 Å². The Morgan fingerprint density at radius 2 is 1.75 bits per heavy atom. The molecule has 2 aromatic rings. The quantitative estimate of drug-likeness (QED) is 0.412. The fourth-order valence-electron chi connectivity index (χ4n) is 8.65. The molecule has 278 valence electrons. The van der Waals surface area contributed by atoms with Gasteiger partial charge in [0.05, 0.1) is 23.4 Å². The molecule has 13 heteroatoms. The highest BCUT2D eigenvalue weighted by Gasteiger charge is 2.38. The van der Waals surface area contributed by atoms with Gasteiger partial charge in [-0.1, -0.05) is 18.2 Å². The molecular weight excluding hydrogens is 669 g/mol. The Bertz CT molecular complexity index is 1550. The van der Waals surface area contributed by atoms with E-state index in [2.05, 4.69) is 20.5 Å². The Morgan fingerprint density at radius 3 is 2.55 bits per heavy atom. The number of amides is 4. The number of phenols is 1. The van der Waals surface area contributed by atoms with Crippen molar-refractivity contribution in [2.45, 2.75) is 77.3 Å². The van der Waals surface area contributed by atoms with Gasteiger partial charge in [0.25, 0.3) is 5.91 Å². The summed E-state index contributed by atoms with van der Waals surface area (Å²) in [5.74, 6) is 0.455. The molecule has 4 bridgehead atoms. The van der Waals surface area contributed by atoms with E-state index in [-0.39, 0.29) is 65.5 Å². The van der Waals surface area contributed by atoms with Gasteiger partial charge in [-0.25, -0.2) is 4.98 Å². The van der Waals surface area contributed by atoms with Crippen LogP contribution in [0.15, 0.2) is 24.3 Å². The lowest BCUT2D eigenvalue weighted by atomic mass is 9.80. The number of hydrogen-bond acceptors (Lipinski definition) is 9. The minimum atomic E-state index is -0.150. The molecule has 12 nitrogen and oxygen atoms in total. The van der Waals surface area contributed by atoms with E-state index in [0.29, 0.717) is 75.6 Å². The van der Waals surface area contributed by atoms with Crippen molar-refractivity contribution in [3.05, 3.63) is 45.4 Å². The second kappa shape index (κ2) is 17.3. The molecule has 4 amide bonds. The number of carbonyl (C=O) groups is 4. The predicted octanol–water partition coefficient (Wildman–Crippen LogP) is 3.36. The number of rotatable bonds is 6. The van der Waals surface area contributed by atoms with Crippen molar-refractivity contribution in [1.82, 2.24) is 30.3 Å². The number of fused-ring (bicyclic) bond motifs is 5. The van der Waals surface area contributed by atoms with Crippen LogP contribution in [0.5, 0.6) is 5.75 Å². The van der Waals surface area contributed by atoms with Crippen LogP contribution in [-0.2, 0) is 32.1 Å². The average Bonchev–Trinajstić information content (AvgIpc) is 3.73. The summed E-state index contributed by atoms with van der Waals surface area (Å²) in [6.07, 6.45) is 5.72. The molecule has 5 heterocycles. The third-order valence-corrected chi connectivity index (χ3v) is 12.7. The summed E-state index contributed by atoms with van der Waals surface area (Å²) in [4.78, 5) is 65.6. The number of thiazole rings is 1. The molecule has 0 saturated carbocycles. The summed E-state index contributed by atoms with van der Waals surface area (Å²) >= 11 is 1.38. The first-order valence-electron chi connectivity index (χ1n) is 18.7. The third-order valence-electron chi connectivity index (χ3n) is 11.5. The zero-order valence-corrected chi connectivity index (χ0v) is 30.9. The van der Waals surface area contributed by atoms with Gasteiger partial charge >= 0.3 is 0 Å². The van der Waals surface area contributed by atoms with Crippen LogP contribution in [0.2, 0.25) is 0 Å². The van der Waals surface area contributed by atoms with Crippen LogP contribution < -0.4 is 10.6 Å². The summed E-state index contributed by atoms with van der Waals surface area (Å²) < 4.78 is 5.39. The van der Waals surface area contributed by atoms with Crippen LogP contribution in [0.3, 0.4) is 0 Å². The molecule has 4 aliphatic rings. The van der Waals surface area contributed by atoms with Crippen molar-refractivity contribution in [2.24, 2.45) is 23.7 Å². The van der Waals surface area contributed by atoms with E-state index in [1.807, 2.05) is 34.9 Å². The highest BCUT2D eigenvalue weighted by atomic mass is 32.1. The van der Waals surface area contributed by atoms with Crippen molar-refractivity contribution in [3.8, 4) is 5.75 Å². The van der Waals surface area contributed by atoms with Gasteiger partial charge in [-0.05, 0) is 75.3 Å². The summed E-state index contributed by atoms with van der Waals surface area (Å²) in [5.41, 5.74) is 1.56. The molecule has 0 spiro atoms. The molecule has 5 atom stereocenters. The number of nitrogens with zero attached hydrogens (tertiary/aromatic N) is 4. The monoisotopic (exact) mass is 722 g/mol. The number of aromatic nitrogens is 1. The first-order chi connectivity index (χ1) is 24.7. The van der Waals surface area contributed by atoms with E-state index >= 15 is 0 Å². The SMILES string of the molecule is COC[C@H]1CCCN1C(=O)C[C@@H]1CCN2C[C@@H]1CC(=O)NCC[C@H]1CN(Cc3ccccc3O)CC[C@H]1CC(=O)NCCc1nc(C)c(s1)C2=O. The van der Waals surface area contributed by atoms with E-state index in [4.69, 9.17) is 4.74 Å². The van der Waals surface area contributed by atoms with E-state index in [0.717, 1.165) is 55.9 Å². The molecule has 0 unspecified atom stereocenters. The lowest BCUT2D eigenvalue weighted by Gasteiger charge is -2.39. The Kier molecular flexibility index (Phi) is 12.6. The van der Waals surface area contributed by atoms with E-state index in [1.165, 1.54) is 11.3 Å². The Morgan fingerprint density at radius 1 is 0.961 bits per heavy atom.